The lowest BCUT2D eigenvalue weighted by molar-refractivity contribution is 0.283. The number of aliphatic hydroxyl groups excluding tert-OH is 1. The fourth-order valence-electron chi connectivity index (χ4n) is 0.436. The van der Waals surface area contributed by atoms with Gasteiger partial charge in [0.25, 0.3) is 0 Å². The molecule has 0 amide bonds. The summed E-state index contributed by atoms with van der Waals surface area (Å²) in [7, 11) is 0. The predicted molar refractivity (Wildman–Crippen MR) is 34.0 cm³/mol. The fourth-order valence-corrected chi connectivity index (χ4v) is 0.436. The van der Waals surface area contributed by atoms with Crippen LogP contribution in [0.25, 0.3) is 0 Å². The molecule has 1 atom stereocenters. The van der Waals surface area contributed by atoms with Crippen molar-refractivity contribution in [1.29, 1.82) is 5.41 Å². The van der Waals surface area contributed by atoms with Crippen molar-refractivity contribution in [3.8, 4) is 0 Å². The highest BCUT2D eigenvalue weighted by Gasteiger charge is 2.00. The third kappa shape index (κ3) is 2.75. The molecule has 2 nitrogen and oxygen atoms in total. The maximum Gasteiger partial charge on any atom is 0.0915 e. The first-order valence-electron chi connectivity index (χ1n) is 2.77. The first-order chi connectivity index (χ1) is 3.68. The molecule has 0 saturated carbocycles. The van der Waals surface area contributed by atoms with E-state index in [1.165, 1.54) is 0 Å². The molecule has 0 aliphatic rings. The Morgan fingerprint density at radius 3 is 2.50 bits per heavy atom. The lowest BCUT2D eigenvalue weighted by Gasteiger charge is -2.02. The van der Waals surface area contributed by atoms with Gasteiger partial charge in [0.1, 0.15) is 0 Å². The summed E-state index contributed by atoms with van der Waals surface area (Å²) in [6.07, 6.45) is 0.769. The van der Waals surface area contributed by atoms with Gasteiger partial charge >= 0.3 is 0 Å². The molecule has 0 rings (SSSR count). The van der Waals surface area contributed by atoms with Crippen LogP contribution in [-0.4, -0.2) is 16.9 Å². The normalized spacial score (nSPS) is 13.4. The van der Waals surface area contributed by atoms with Crippen molar-refractivity contribution in [2.75, 3.05) is 0 Å². The van der Waals surface area contributed by atoms with E-state index >= 15 is 0 Å². The summed E-state index contributed by atoms with van der Waals surface area (Å²) >= 11 is 0. The molecule has 8 heavy (non-hydrogen) atoms. The lowest BCUT2D eigenvalue weighted by atomic mass is 10.1. The molecule has 0 saturated heterocycles. The minimum absolute atomic E-state index is 0.326. The van der Waals surface area contributed by atoms with Crippen molar-refractivity contribution in [3.63, 3.8) is 0 Å². The molecule has 0 spiro atoms. The van der Waals surface area contributed by atoms with E-state index in [-0.39, 0.29) is 0 Å². The van der Waals surface area contributed by atoms with Gasteiger partial charge < -0.3 is 10.5 Å². The number of hydrogen-bond donors (Lipinski definition) is 2. The van der Waals surface area contributed by atoms with Gasteiger partial charge in [0.15, 0.2) is 0 Å². The molecule has 0 aromatic rings. The maximum atomic E-state index is 8.62. The summed E-state index contributed by atoms with van der Waals surface area (Å²) in [5.74, 6) is 0. The molecule has 47 valence electrons. The van der Waals surface area contributed by atoms with Gasteiger partial charge in [-0.25, -0.2) is 0 Å². The van der Waals surface area contributed by atoms with Gasteiger partial charge in [-0.2, -0.15) is 0 Å². The topological polar surface area (TPSA) is 44.1 Å². The number of aliphatic hydroxyl groups is 1. The molecule has 0 aliphatic heterocycles. The highest BCUT2D eigenvalue weighted by Crippen LogP contribution is 1.93. The predicted octanol–water partition coefficient (Wildman–Crippen LogP) is 1.00. The summed E-state index contributed by atoms with van der Waals surface area (Å²) in [6.45, 7) is 5.26. The molecule has 1 radical (unpaired) electrons. The van der Waals surface area contributed by atoms with Crippen molar-refractivity contribution in [3.05, 3.63) is 6.92 Å². The van der Waals surface area contributed by atoms with Crippen LogP contribution in [0.2, 0.25) is 0 Å². The zero-order chi connectivity index (χ0) is 6.57. The Balaban J connectivity index is 3.33. The molecule has 0 aliphatic carbocycles. The number of hydrogen-bond acceptors (Lipinski definition) is 2. The van der Waals surface area contributed by atoms with Crippen LogP contribution in [0.4, 0.5) is 0 Å². The standard InChI is InChI=1S/C6H12NO/c1-3-4-6(7)5(2)8/h5,7-8H,2-4H2,1H3. The van der Waals surface area contributed by atoms with Crippen LogP contribution in [-0.2, 0) is 0 Å². The minimum atomic E-state index is -0.796. The van der Waals surface area contributed by atoms with E-state index in [0.29, 0.717) is 12.1 Å². The van der Waals surface area contributed by atoms with Crippen molar-refractivity contribution in [2.24, 2.45) is 0 Å². The summed E-state index contributed by atoms with van der Waals surface area (Å²) in [4.78, 5) is 0. The molecule has 2 heteroatoms. The Hall–Kier alpha value is -0.370. The summed E-state index contributed by atoms with van der Waals surface area (Å²) < 4.78 is 0. The third-order valence-corrected chi connectivity index (χ3v) is 0.922. The SMILES string of the molecule is [CH2]C(O)C(=N)CCC. The molecule has 0 aromatic carbocycles. The van der Waals surface area contributed by atoms with Gasteiger partial charge in [-0.15, -0.1) is 0 Å². The lowest BCUT2D eigenvalue weighted by Crippen LogP contribution is -2.14. The summed E-state index contributed by atoms with van der Waals surface area (Å²) in [5.41, 5.74) is 0.326. The Morgan fingerprint density at radius 2 is 2.38 bits per heavy atom. The zero-order valence-electron chi connectivity index (χ0n) is 5.15. The molecule has 2 N–H and O–H groups in total. The highest BCUT2D eigenvalue weighted by atomic mass is 16.3. The Labute approximate surface area is 50.0 Å². The van der Waals surface area contributed by atoms with Crippen LogP contribution in [0, 0.1) is 12.3 Å². The quantitative estimate of drug-likeness (QED) is 0.528. The van der Waals surface area contributed by atoms with Crippen molar-refractivity contribution in [2.45, 2.75) is 25.9 Å². The van der Waals surface area contributed by atoms with Gasteiger partial charge in [0.2, 0.25) is 0 Å². The molecule has 0 heterocycles. The van der Waals surface area contributed by atoms with Crippen molar-refractivity contribution >= 4 is 5.71 Å². The molecule has 0 bridgehead atoms. The Kier molecular flexibility index (Phi) is 3.44. The zero-order valence-corrected chi connectivity index (χ0v) is 5.15. The Bertz CT molecular complexity index is 78.6. The van der Waals surface area contributed by atoms with E-state index in [4.69, 9.17) is 10.5 Å². The van der Waals surface area contributed by atoms with E-state index in [9.17, 15) is 0 Å². The van der Waals surface area contributed by atoms with Crippen LogP contribution in [0.3, 0.4) is 0 Å². The van der Waals surface area contributed by atoms with Crippen LogP contribution < -0.4 is 0 Å². The molecule has 0 fully saturated rings. The van der Waals surface area contributed by atoms with Crippen LogP contribution in [0.5, 0.6) is 0 Å². The summed E-state index contributed by atoms with van der Waals surface area (Å²) in [5, 5.41) is 15.6. The minimum Gasteiger partial charge on any atom is -0.387 e. The average molecular weight is 114 g/mol. The third-order valence-electron chi connectivity index (χ3n) is 0.922. The molecule has 0 aromatic heterocycles. The van der Waals surface area contributed by atoms with E-state index in [2.05, 4.69) is 6.92 Å². The second-order valence-corrected chi connectivity index (χ2v) is 1.79. The second kappa shape index (κ2) is 3.61. The van der Waals surface area contributed by atoms with E-state index < -0.39 is 6.10 Å². The van der Waals surface area contributed by atoms with Crippen molar-refractivity contribution < 1.29 is 5.11 Å². The first-order valence-corrected chi connectivity index (χ1v) is 2.77. The second-order valence-electron chi connectivity index (χ2n) is 1.79. The van der Waals surface area contributed by atoms with Gasteiger partial charge in [-0.1, -0.05) is 13.3 Å². The van der Waals surface area contributed by atoms with Gasteiger partial charge in [-0.05, 0) is 13.3 Å². The monoisotopic (exact) mass is 114 g/mol. The van der Waals surface area contributed by atoms with E-state index in [1.54, 1.807) is 0 Å². The maximum absolute atomic E-state index is 8.62. The number of nitrogens with one attached hydrogen (secondary N) is 1. The van der Waals surface area contributed by atoms with Crippen LogP contribution in [0.15, 0.2) is 0 Å². The van der Waals surface area contributed by atoms with Crippen LogP contribution >= 0.6 is 0 Å². The number of rotatable bonds is 3. The van der Waals surface area contributed by atoms with Gasteiger partial charge in [0, 0.05) is 5.71 Å². The first kappa shape index (κ1) is 7.63. The van der Waals surface area contributed by atoms with Gasteiger partial charge in [-0.3, -0.25) is 0 Å². The fraction of sp³-hybridized carbons (Fsp3) is 0.667. The van der Waals surface area contributed by atoms with E-state index in [0.717, 1.165) is 6.42 Å². The van der Waals surface area contributed by atoms with Crippen LogP contribution in [0.1, 0.15) is 19.8 Å². The summed E-state index contributed by atoms with van der Waals surface area (Å²) in [6, 6.07) is 0. The van der Waals surface area contributed by atoms with Gasteiger partial charge in [0.05, 0.1) is 6.10 Å². The molecule has 1 unspecified atom stereocenters. The highest BCUT2D eigenvalue weighted by molar-refractivity contribution is 5.85. The molecular formula is C6H12NO. The smallest absolute Gasteiger partial charge is 0.0915 e. The average Bonchev–Trinajstić information content (AvgIpc) is 1.67. The largest absolute Gasteiger partial charge is 0.387 e. The van der Waals surface area contributed by atoms with E-state index in [1.807, 2.05) is 6.92 Å². The molecular weight excluding hydrogens is 102 g/mol. The van der Waals surface area contributed by atoms with Crippen molar-refractivity contribution in [1.82, 2.24) is 0 Å². The Morgan fingerprint density at radius 1 is 1.88 bits per heavy atom.